The minimum absolute atomic E-state index is 0.207. The number of anilines is 1. The molecule has 0 saturated heterocycles. The standard InChI is InChI=1S/C29H26N2O5/c1-35-26-14-9-20(17-27(26)36-2)19-31-24-8-4-3-7-23(24)29(34,28(31)33)18-25(32)21-10-12-22(13-11-21)30-15-5-6-16-30/h3-17,34H,18-19H2,1-2H3/t29-/m1/s1. The van der Waals surface area contributed by atoms with Gasteiger partial charge in [-0.1, -0.05) is 24.3 Å². The molecule has 4 aromatic rings. The number of rotatable bonds is 8. The normalized spacial score (nSPS) is 16.6. The third-order valence-electron chi connectivity index (χ3n) is 6.54. The summed E-state index contributed by atoms with van der Waals surface area (Å²) in [7, 11) is 3.11. The molecule has 1 N–H and O–H groups in total. The van der Waals surface area contributed by atoms with Crippen molar-refractivity contribution in [2.75, 3.05) is 19.1 Å². The zero-order valence-corrected chi connectivity index (χ0v) is 20.0. The van der Waals surface area contributed by atoms with E-state index in [1.165, 1.54) is 4.90 Å². The topological polar surface area (TPSA) is 81.0 Å². The van der Waals surface area contributed by atoms with Gasteiger partial charge < -0.3 is 24.0 Å². The Morgan fingerprint density at radius 1 is 0.889 bits per heavy atom. The molecule has 0 fully saturated rings. The van der Waals surface area contributed by atoms with Crippen molar-refractivity contribution in [2.24, 2.45) is 0 Å². The number of carbonyl (C=O) groups excluding carboxylic acids is 2. The summed E-state index contributed by atoms with van der Waals surface area (Å²) >= 11 is 0. The minimum atomic E-state index is -1.96. The molecule has 7 nitrogen and oxygen atoms in total. The number of hydrogen-bond donors (Lipinski definition) is 1. The lowest BCUT2D eigenvalue weighted by molar-refractivity contribution is -0.136. The van der Waals surface area contributed by atoms with Gasteiger partial charge in [0.1, 0.15) is 0 Å². The molecule has 1 amide bonds. The highest BCUT2D eigenvalue weighted by atomic mass is 16.5. The van der Waals surface area contributed by atoms with E-state index in [9.17, 15) is 14.7 Å². The van der Waals surface area contributed by atoms with Gasteiger partial charge in [-0.25, -0.2) is 0 Å². The van der Waals surface area contributed by atoms with E-state index in [0.29, 0.717) is 28.3 Å². The molecule has 0 unspecified atom stereocenters. The quantitative estimate of drug-likeness (QED) is 0.374. The van der Waals surface area contributed by atoms with Crippen molar-refractivity contribution < 1.29 is 24.2 Å². The highest BCUT2D eigenvalue weighted by Gasteiger charge is 2.50. The molecule has 2 heterocycles. The summed E-state index contributed by atoms with van der Waals surface area (Å²) in [5.74, 6) is 0.284. The van der Waals surface area contributed by atoms with Crippen LogP contribution in [0.2, 0.25) is 0 Å². The van der Waals surface area contributed by atoms with Crippen molar-refractivity contribution in [3.63, 3.8) is 0 Å². The van der Waals surface area contributed by atoms with Crippen LogP contribution in [0.3, 0.4) is 0 Å². The molecule has 1 aromatic heterocycles. The number of para-hydroxylation sites is 1. The van der Waals surface area contributed by atoms with Gasteiger partial charge in [-0.05, 0) is 60.2 Å². The third kappa shape index (κ3) is 4.03. The predicted octanol–water partition coefficient (Wildman–Crippen LogP) is 4.50. The second-order valence-corrected chi connectivity index (χ2v) is 8.70. The van der Waals surface area contributed by atoms with Crippen molar-refractivity contribution in [1.82, 2.24) is 4.57 Å². The summed E-state index contributed by atoms with van der Waals surface area (Å²) in [6.07, 6.45) is 3.48. The molecular formula is C29H26N2O5. The van der Waals surface area contributed by atoms with Crippen LogP contribution < -0.4 is 14.4 Å². The molecule has 182 valence electrons. The number of Topliss-reactive ketones (excluding diaryl/α,β-unsaturated/α-hetero) is 1. The second-order valence-electron chi connectivity index (χ2n) is 8.70. The van der Waals surface area contributed by atoms with E-state index in [4.69, 9.17) is 9.47 Å². The lowest BCUT2D eigenvalue weighted by Crippen LogP contribution is -2.41. The van der Waals surface area contributed by atoms with Crippen LogP contribution in [0.15, 0.2) is 91.3 Å². The van der Waals surface area contributed by atoms with E-state index in [1.54, 1.807) is 62.8 Å². The summed E-state index contributed by atoms with van der Waals surface area (Å²) in [5, 5.41) is 11.6. The summed E-state index contributed by atoms with van der Waals surface area (Å²) in [6, 6.07) is 23.4. The molecule has 0 radical (unpaired) electrons. The number of carbonyl (C=O) groups is 2. The fourth-order valence-corrected chi connectivity index (χ4v) is 4.66. The highest BCUT2D eigenvalue weighted by Crippen LogP contribution is 2.44. The SMILES string of the molecule is COc1ccc(CN2C(=O)[C@@](O)(CC(=O)c3ccc(-n4cccc4)cc3)c3ccccc32)cc1OC. The molecule has 1 aliphatic rings. The summed E-state index contributed by atoms with van der Waals surface area (Å²) in [5.41, 5.74) is 1.19. The van der Waals surface area contributed by atoms with Crippen LogP contribution in [0.25, 0.3) is 5.69 Å². The van der Waals surface area contributed by atoms with Crippen molar-refractivity contribution in [3.05, 3.63) is 108 Å². The number of nitrogens with zero attached hydrogens (tertiary/aromatic N) is 2. The predicted molar refractivity (Wildman–Crippen MR) is 136 cm³/mol. The van der Waals surface area contributed by atoms with Gasteiger partial charge in [0.05, 0.1) is 32.9 Å². The van der Waals surface area contributed by atoms with Crippen molar-refractivity contribution in [2.45, 2.75) is 18.6 Å². The molecule has 0 saturated carbocycles. The smallest absolute Gasteiger partial charge is 0.264 e. The van der Waals surface area contributed by atoms with Crippen LogP contribution in [0, 0.1) is 0 Å². The third-order valence-corrected chi connectivity index (χ3v) is 6.54. The molecule has 3 aromatic carbocycles. The molecule has 0 spiro atoms. The highest BCUT2D eigenvalue weighted by molar-refractivity contribution is 6.10. The van der Waals surface area contributed by atoms with E-state index in [1.807, 2.05) is 47.3 Å². The maximum atomic E-state index is 13.6. The molecule has 7 heteroatoms. The van der Waals surface area contributed by atoms with Crippen molar-refractivity contribution in [3.8, 4) is 17.2 Å². The van der Waals surface area contributed by atoms with Gasteiger partial charge in [0.15, 0.2) is 22.9 Å². The number of fused-ring (bicyclic) bond motifs is 1. The monoisotopic (exact) mass is 482 g/mol. The molecular weight excluding hydrogens is 456 g/mol. The maximum absolute atomic E-state index is 13.6. The number of aromatic nitrogens is 1. The van der Waals surface area contributed by atoms with E-state index < -0.39 is 11.5 Å². The second kappa shape index (κ2) is 9.36. The Morgan fingerprint density at radius 3 is 2.28 bits per heavy atom. The average molecular weight is 483 g/mol. The van der Waals surface area contributed by atoms with Gasteiger partial charge in [-0.15, -0.1) is 0 Å². The zero-order valence-electron chi connectivity index (χ0n) is 20.0. The van der Waals surface area contributed by atoms with Crippen LogP contribution in [-0.4, -0.2) is 35.6 Å². The van der Waals surface area contributed by atoms with Crippen LogP contribution in [-0.2, 0) is 16.9 Å². The number of methoxy groups -OCH3 is 2. The van der Waals surface area contributed by atoms with E-state index in [-0.39, 0.29) is 18.7 Å². The van der Waals surface area contributed by atoms with Crippen LogP contribution in [0.1, 0.15) is 27.9 Å². The number of ether oxygens (including phenoxy) is 2. The first-order valence-corrected chi connectivity index (χ1v) is 11.6. The van der Waals surface area contributed by atoms with E-state index in [2.05, 4.69) is 0 Å². The molecule has 5 rings (SSSR count). The summed E-state index contributed by atoms with van der Waals surface area (Å²) in [4.78, 5) is 28.3. The molecule has 36 heavy (non-hydrogen) atoms. The van der Waals surface area contributed by atoms with Crippen LogP contribution in [0.4, 0.5) is 5.69 Å². The van der Waals surface area contributed by atoms with Crippen molar-refractivity contribution >= 4 is 17.4 Å². The van der Waals surface area contributed by atoms with Gasteiger partial charge in [-0.2, -0.15) is 0 Å². The number of hydrogen-bond acceptors (Lipinski definition) is 5. The number of amides is 1. The van der Waals surface area contributed by atoms with E-state index >= 15 is 0 Å². The lowest BCUT2D eigenvalue weighted by Gasteiger charge is -2.23. The first-order valence-electron chi connectivity index (χ1n) is 11.6. The minimum Gasteiger partial charge on any atom is -0.493 e. The molecule has 1 atom stereocenters. The van der Waals surface area contributed by atoms with Crippen LogP contribution >= 0.6 is 0 Å². The Bertz CT molecular complexity index is 1410. The van der Waals surface area contributed by atoms with Crippen molar-refractivity contribution in [1.29, 1.82) is 0 Å². The lowest BCUT2D eigenvalue weighted by atomic mass is 9.88. The van der Waals surface area contributed by atoms with E-state index in [0.717, 1.165) is 11.3 Å². The Hall–Kier alpha value is -4.36. The Kier molecular flexibility index (Phi) is 6.08. The Morgan fingerprint density at radius 2 is 1.58 bits per heavy atom. The number of aliphatic hydroxyl groups is 1. The van der Waals surface area contributed by atoms with Gasteiger partial charge >= 0.3 is 0 Å². The zero-order chi connectivity index (χ0) is 25.3. The molecule has 0 aliphatic carbocycles. The summed E-state index contributed by atoms with van der Waals surface area (Å²) in [6.45, 7) is 0.207. The number of benzene rings is 3. The first kappa shape index (κ1) is 23.4. The largest absolute Gasteiger partial charge is 0.493 e. The van der Waals surface area contributed by atoms with Gasteiger partial charge in [0, 0.05) is 29.2 Å². The van der Waals surface area contributed by atoms with Gasteiger partial charge in [0.2, 0.25) is 0 Å². The molecule has 1 aliphatic heterocycles. The Labute approximate surface area is 209 Å². The fourth-order valence-electron chi connectivity index (χ4n) is 4.66. The Balaban J connectivity index is 1.41. The fraction of sp³-hybridized carbons (Fsp3) is 0.172. The van der Waals surface area contributed by atoms with Gasteiger partial charge in [-0.3, -0.25) is 9.59 Å². The maximum Gasteiger partial charge on any atom is 0.264 e. The first-order chi connectivity index (χ1) is 17.4. The van der Waals surface area contributed by atoms with Gasteiger partial charge in [0.25, 0.3) is 5.91 Å². The average Bonchev–Trinajstić information content (AvgIpc) is 3.52. The molecule has 0 bridgehead atoms. The number of ketones is 1. The summed E-state index contributed by atoms with van der Waals surface area (Å²) < 4.78 is 12.6. The van der Waals surface area contributed by atoms with Crippen LogP contribution in [0.5, 0.6) is 11.5 Å².